The molecule has 0 saturated heterocycles. The van der Waals surface area contributed by atoms with Crippen LogP contribution in [0, 0.1) is 0 Å². The maximum Gasteiger partial charge on any atom is 0.234 e. The van der Waals surface area contributed by atoms with Crippen LogP contribution in [0.15, 0.2) is 35.8 Å². The molecule has 3 rings (SSSR count). The third-order valence-electron chi connectivity index (χ3n) is 3.01. The Labute approximate surface area is 108 Å². The molecule has 1 aromatic carbocycles. The predicted octanol–water partition coefficient (Wildman–Crippen LogP) is 2.45. The van der Waals surface area contributed by atoms with Crippen LogP contribution in [0.25, 0.3) is 0 Å². The summed E-state index contributed by atoms with van der Waals surface area (Å²) in [5.74, 6) is -0.522. The smallest absolute Gasteiger partial charge is 0.234 e. The molecule has 1 N–H and O–H groups in total. The summed E-state index contributed by atoms with van der Waals surface area (Å²) in [5, 5.41) is 5.10. The number of thiazole rings is 1. The Balaban J connectivity index is 1.86. The summed E-state index contributed by atoms with van der Waals surface area (Å²) in [6.07, 6.45) is 1.88. The number of carbonyl (C=O) groups is 2. The van der Waals surface area contributed by atoms with E-state index in [1.807, 2.05) is 18.2 Å². The zero-order valence-corrected chi connectivity index (χ0v) is 10.2. The van der Waals surface area contributed by atoms with E-state index in [9.17, 15) is 9.59 Å². The van der Waals surface area contributed by atoms with Crippen LogP contribution in [0.5, 0.6) is 0 Å². The van der Waals surface area contributed by atoms with E-state index in [-0.39, 0.29) is 18.1 Å². The normalized spacial score (nSPS) is 17.6. The number of Topliss-reactive ketones (excluding diaryl/α,β-unsaturated/α-hetero) is 1. The number of anilines is 1. The van der Waals surface area contributed by atoms with Crippen molar-refractivity contribution in [2.24, 2.45) is 0 Å². The fraction of sp³-hybridized carbons (Fsp3) is 0.154. The van der Waals surface area contributed by atoms with Gasteiger partial charge in [-0.2, -0.15) is 0 Å². The Kier molecular flexibility index (Phi) is 2.68. The SMILES string of the molecule is O=C1CC(C(=O)Nc2nccs2)c2ccccc21. The molecular formula is C13H10N2O2S. The zero-order valence-electron chi connectivity index (χ0n) is 9.42. The molecule has 1 aliphatic rings. The molecule has 0 fully saturated rings. The lowest BCUT2D eigenvalue weighted by Gasteiger charge is -2.09. The predicted molar refractivity (Wildman–Crippen MR) is 68.9 cm³/mol. The summed E-state index contributed by atoms with van der Waals surface area (Å²) in [6.45, 7) is 0. The van der Waals surface area contributed by atoms with Crippen molar-refractivity contribution >= 4 is 28.2 Å². The first-order valence-electron chi connectivity index (χ1n) is 5.58. The van der Waals surface area contributed by atoms with Gasteiger partial charge in [0.05, 0.1) is 5.92 Å². The largest absolute Gasteiger partial charge is 0.301 e. The number of hydrogen-bond donors (Lipinski definition) is 1. The number of ketones is 1. The second-order valence-corrected chi connectivity index (χ2v) is 4.99. The van der Waals surface area contributed by atoms with E-state index in [2.05, 4.69) is 10.3 Å². The summed E-state index contributed by atoms with van der Waals surface area (Å²) in [7, 11) is 0. The molecule has 1 atom stereocenters. The number of amides is 1. The molecule has 1 heterocycles. The first-order valence-corrected chi connectivity index (χ1v) is 6.46. The number of hydrogen-bond acceptors (Lipinski definition) is 4. The van der Waals surface area contributed by atoms with Gasteiger partial charge in [0.1, 0.15) is 0 Å². The average Bonchev–Trinajstić information content (AvgIpc) is 2.98. The van der Waals surface area contributed by atoms with Crippen LogP contribution < -0.4 is 5.32 Å². The van der Waals surface area contributed by atoms with Crippen LogP contribution in [0.2, 0.25) is 0 Å². The lowest BCUT2D eigenvalue weighted by molar-refractivity contribution is -0.117. The maximum atomic E-state index is 12.1. The van der Waals surface area contributed by atoms with Gasteiger partial charge in [0.25, 0.3) is 0 Å². The fourth-order valence-electron chi connectivity index (χ4n) is 2.17. The second kappa shape index (κ2) is 4.34. The van der Waals surface area contributed by atoms with Crippen molar-refractivity contribution in [3.05, 3.63) is 47.0 Å². The van der Waals surface area contributed by atoms with E-state index in [1.165, 1.54) is 11.3 Å². The highest BCUT2D eigenvalue weighted by molar-refractivity contribution is 7.13. The highest BCUT2D eigenvalue weighted by atomic mass is 32.1. The number of benzene rings is 1. The molecule has 1 amide bonds. The van der Waals surface area contributed by atoms with Gasteiger partial charge >= 0.3 is 0 Å². The second-order valence-electron chi connectivity index (χ2n) is 4.09. The van der Waals surface area contributed by atoms with Crippen LogP contribution in [0.3, 0.4) is 0 Å². The number of nitrogens with one attached hydrogen (secondary N) is 1. The van der Waals surface area contributed by atoms with Crippen LogP contribution in [0.4, 0.5) is 5.13 Å². The van der Waals surface area contributed by atoms with E-state index in [4.69, 9.17) is 0 Å². The molecule has 0 spiro atoms. The van der Waals surface area contributed by atoms with Crippen LogP contribution in [-0.4, -0.2) is 16.7 Å². The minimum Gasteiger partial charge on any atom is -0.301 e. The lowest BCUT2D eigenvalue weighted by Crippen LogP contribution is -2.19. The highest BCUT2D eigenvalue weighted by Crippen LogP contribution is 2.33. The number of rotatable bonds is 2. The molecule has 1 unspecified atom stereocenters. The topological polar surface area (TPSA) is 59.1 Å². The Morgan fingerprint density at radius 3 is 3.00 bits per heavy atom. The van der Waals surface area contributed by atoms with E-state index >= 15 is 0 Å². The zero-order chi connectivity index (χ0) is 12.5. The van der Waals surface area contributed by atoms with Crippen molar-refractivity contribution in [3.63, 3.8) is 0 Å². The molecule has 90 valence electrons. The van der Waals surface area contributed by atoms with Gasteiger partial charge in [0, 0.05) is 23.6 Å². The molecule has 1 aliphatic carbocycles. The summed E-state index contributed by atoms with van der Waals surface area (Å²) in [6, 6.07) is 7.28. The highest BCUT2D eigenvalue weighted by Gasteiger charge is 2.34. The number of fused-ring (bicyclic) bond motifs is 1. The minimum absolute atomic E-state index is 0.0323. The molecule has 0 saturated carbocycles. The molecule has 4 nitrogen and oxygen atoms in total. The van der Waals surface area contributed by atoms with Crippen molar-refractivity contribution in [1.29, 1.82) is 0 Å². The van der Waals surface area contributed by atoms with Gasteiger partial charge < -0.3 is 5.32 Å². The Morgan fingerprint density at radius 2 is 2.22 bits per heavy atom. The number of nitrogens with zero attached hydrogens (tertiary/aromatic N) is 1. The standard InChI is InChI=1S/C13H10N2O2S/c16-11-7-10(8-3-1-2-4-9(8)11)12(17)15-13-14-5-6-18-13/h1-6,10H,7H2,(H,14,15,17). The molecular weight excluding hydrogens is 248 g/mol. The van der Waals surface area contributed by atoms with Gasteiger partial charge in [-0.15, -0.1) is 11.3 Å². The molecule has 5 heteroatoms. The van der Waals surface area contributed by atoms with Crippen molar-refractivity contribution in [3.8, 4) is 0 Å². The van der Waals surface area contributed by atoms with Crippen LogP contribution in [-0.2, 0) is 4.79 Å². The average molecular weight is 258 g/mol. The lowest BCUT2D eigenvalue weighted by atomic mass is 10.0. The van der Waals surface area contributed by atoms with E-state index < -0.39 is 5.92 Å². The van der Waals surface area contributed by atoms with Gasteiger partial charge in [0.2, 0.25) is 5.91 Å². The van der Waals surface area contributed by atoms with Crippen LogP contribution in [0.1, 0.15) is 28.3 Å². The molecule has 18 heavy (non-hydrogen) atoms. The monoisotopic (exact) mass is 258 g/mol. The maximum absolute atomic E-state index is 12.1. The Morgan fingerprint density at radius 1 is 1.39 bits per heavy atom. The summed E-state index contributed by atoms with van der Waals surface area (Å²) in [5.41, 5.74) is 1.48. The summed E-state index contributed by atoms with van der Waals surface area (Å²) in [4.78, 5) is 27.9. The van der Waals surface area contributed by atoms with Crippen molar-refractivity contribution in [2.75, 3.05) is 5.32 Å². The molecule has 0 radical (unpaired) electrons. The van der Waals surface area contributed by atoms with Gasteiger partial charge in [-0.3, -0.25) is 9.59 Å². The van der Waals surface area contributed by atoms with Gasteiger partial charge in [-0.05, 0) is 5.56 Å². The summed E-state index contributed by atoms with van der Waals surface area (Å²) < 4.78 is 0. The van der Waals surface area contributed by atoms with E-state index in [0.717, 1.165) is 5.56 Å². The number of carbonyl (C=O) groups excluding carboxylic acids is 2. The first kappa shape index (κ1) is 11.1. The van der Waals surface area contributed by atoms with Crippen molar-refractivity contribution < 1.29 is 9.59 Å². The minimum atomic E-state index is -0.391. The van der Waals surface area contributed by atoms with Gasteiger partial charge in [0.15, 0.2) is 10.9 Å². The fourth-order valence-corrected chi connectivity index (χ4v) is 2.70. The third kappa shape index (κ3) is 1.82. The summed E-state index contributed by atoms with van der Waals surface area (Å²) >= 11 is 1.36. The first-order chi connectivity index (χ1) is 8.75. The van der Waals surface area contributed by atoms with Crippen LogP contribution >= 0.6 is 11.3 Å². The Hall–Kier alpha value is -2.01. The van der Waals surface area contributed by atoms with Gasteiger partial charge in [-0.25, -0.2) is 4.98 Å². The quantitative estimate of drug-likeness (QED) is 0.900. The molecule has 0 bridgehead atoms. The molecule has 1 aromatic heterocycles. The van der Waals surface area contributed by atoms with Crippen molar-refractivity contribution in [2.45, 2.75) is 12.3 Å². The number of aromatic nitrogens is 1. The van der Waals surface area contributed by atoms with E-state index in [0.29, 0.717) is 10.7 Å². The van der Waals surface area contributed by atoms with Crippen molar-refractivity contribution in [1.82, 2.24) is 4.98 Å². The molecule has 2 aromatic rings. The third-order valence-corrected chi connectivity index (χ3v) is 3.69. The molecule has 0 aliphatic heterocycles. The van der Waals surface area contributed by atoms with E-state index in [1.54, 1.807) is 17.6 Å². The van der Waals surface area contributed by atoms with Gasteiger partial charge in [-0.1, -0.05) is 24.3 Å². The Bertz CT molecular complexity index is 607.